The van der Waals surface area contributed by atoms with Gasteiger partial charge in [0, 0.05) is 43.3 Å². The predicted octanol–water partition coefficient (Wildman–Crippen LogP) is 3.48. The molecule has 0 atom stereocenters. The van der Waals surface area contributed by atoms with E-state index >= 15 is 0 Å². The molecule has 0 aromatic heterocycles. The van der Waals surface area contributed by atoms with Gasteiger partial charge in [-0.2, -0.15) is 0 Å². The number of rotatable bonds is 3. The lowest BCUT2D eigenvalue weighted by Crippen LogP contribution is -2.45. The minimum absolute atomic E-state index is 0.0971. The van der Waals surface area contributed by atoms with Crippen LogP contribution in [0, 0.1) is 0 Å². The summed E-state index contributed by atoms with van der Waals surface area (Å²) >= 11 is 0. The quantitative estimate of drug-likeness (QED) is 0.867. The molecule has 26 heavy (non-hydrogen) atoms. The maximum absolute atomic E-state index is 12.2. The van der Waals surface area contributed by atoms with Crippen LogP contribution in [0.4, 0.5) is 16.2 Å². The number of hydrogen-bond acceptors (Lipinski definition) is 4. The first-order valence-corrected chi connectivity index (χ1v) is 9.93. The molecule has 6 nitrogen and oxygen atoms in total. The zero-order valence-electron chi connectivity index (χ0n) is 15.3. The van der Waals surface area contributed by atoms with E-state index in [1.807, 2.05) is 12.1 Å². The van der Waals surface area contributed by atoms with Crippen molar-refractivity contribution in [3.63, 3.8) is 0 Å². The number of hydrogen-bond donors (Lipinski definition) is 2. The minimum atomic E-state index is -0.338. The van der Waals surface area contributed by atoms with E-state index in [9.17, 15) is 4.79 Å². The summed E-state index contributed by atoms with van der Waals surface area (Å²) in [6.45, 7) is 3.27. The van der Waals surface area contributed by atoms with Crippen LogP contribution in [0.2, 0.25) is 0 Å². The summed E-state index contributed by atoms with van der Waals surface area (Å²) in [6, 6.07) is 8.32. The first-order chi connectivity index (χ1) is 12.7. The molecule has 2 aliphatic heterocycles. The number of ether oxygens (including phenoxy) is 2. The number of anilines is 2. The average Bonchev–Trinajstić information content (AvgIpc) is 3.12. The Labute approximate surface area is 155 Å². The molecule has 1 aromatic rings. The molecule has 2 N–H and O–H groups in total. The molecule has 3 fully saturated rings. The summed E-state index contributed by atoms with van der Waals surface area (Å²) < 4.78 is 11.6. The number of carbonyl (C=O) groups excluding carboxylic acids is 1. The molecule has 3 aliphatic rings. The van der Waals surface area contributed by atoms with Gasteiger partial charge in [-0.1, -0.05) is 19.3 Å². The highest BCUT2D eigenvalue weighted by molar-refractivity contribution is 5.89. The summed E-state index contributed by atoms with van der Waals surface area (Å²) in [5.74, 6) is -0.338. The molecule has 6 heteroatoms. The van der Waals surface area contributed by atoms with E-state index in [4.69, 9.17) is 9.47 Å². The normalized spacial score (nSPS) is 23.2. The number of piperidine rings is 1. The largest absolute Gasteiger partial charge is 0.371 e. The third kappa shape index (κ3) is 4.13. The van der Waals surface area contributed by atoms with Crippen molar-refractivity contribution in [2.24, 2.45) is 0 Å². The van der Waals surface area contributed by atoms with Gasteiger partial charge in [-0.15, -0.1) is 0 Å². The first-order valence-electron chi connectivity index (χ1n) is 9.93. The average molecular weight is 359 g/mol. The number of amides is 2. The van der Waals surface area contributed by atoms with Crippen LogP contribution >= 0.6 is 0 Å². The highest BCUT2D eigenvalue weighted by atomic mass is 16.7. The smallest absolute Gasteiger partial charge is 0.319 e. The second-order valence-corrected chi connectivity index (χ2v) is 7.57. The monoisotopic (exact) mass is 359 g/mol. The van der Waals surface area contributed by atoms with Crippen molar-refractivity contribution >= 4 is 17.4 Å². The molecule has 1 saturated carbocycles. The Hall–Kier alpha value is -1.79. The summed E-state index contributed by atoms with van der Waals surface area (Å²) in [7, 11) is 0. The fraction of sp³-hybridized carbons (Fsp3) is 0.650. The number of urea groups is 1. The molecule has 2 heterocycles. The highest BCUT2D eigenvalue weighted by Crippen LogP contribution is 2.33. The summed E-state index contributed by atoms with van der Waals surface area (Å²) in [4.78, 5) is 14.5. The zero-order valence-corrected chi connectivity index (χ0v) is 15.3. The summed E-state index contributed by atoms with van der Waals surface area (Å²) in [5.41, 5.74) is 2.01. The maximum atomic E-state index is 12.2. The summed E-state index contributed by atoms with van der Waals surface area (Å²) in [5, 5.41) is 6.04. The number of carbonyl (C=O) groups is 1. The van der Waals surface area contributed by atoms with Gasteiger partial charge in [-0.05, 0) is 37.1 Å². The first kappa shape index (κ1) is 17.6. The molecule has 2 saturated heterocycles. The van der Waals surface area contributed by atoms with Gasteiger partial charge >= 0.3 is 6.03 Å². The van der Waals surface area contributed by atoms with Crippen molar-refractivity contribution in [2.45, 2.75) is 56.8 Å². The fourth-order valence-corrected chi connectivity index (χ4v) is 4.25. The van der Waals surface area contributed by atoms with Crippen molar-refractivity contribution < 1.29 is 14.3 Å². The van der Waals surface area contributed by atoms with E-state index in [1.54, 1.807) is 0 Å². The molecule has 2 amide bonds. The van der Waals surface area contributed by atoms with Crippen LogP contribution in [-0.4, -0.2) is 44.2 Å². The van der Waals surface area contributed by atoms with Crippen LogP contribution in [0.1, 0.15) is 44.9 Å². The molecular weight excluding hydrogens is 330 g/mol. The Morgan fingerprint density at radius 1 is 1.00 bits per heavy atom. The van der Waals surface area contributed by atoms with Gasteiger partial charge in [0.05, 0.1) is 13.2 Å². The second kappa shape index (κ2) is 7.84. The molecule has 0 unspecified atom stereocenters. The fourth-order valence-electron chi connectivity index (χ4n) is 4.25. The lowest BCUT2D eigenvalue weighted by atomic mass is 9.96. The molecule has 142 valence electrons. The van der Waals surface area contributed by atoms with E-state index in [1.165, 1.54) is 24.9 Å². The van der Waals surface area contributed by atoms with Crippen molar-refractivity contribution in [1.82, 2.24) is 5.32 Å². The van der Waals surface area contributed by atoms with Gasteiger partial charge in [0.15, 0.2) is 5.79 Å². The van der Waals surface area contributed by atoms with E-state index in [0.717, 1.165) is 44.5 Å². The Morgan fingerprint density at radius 2 is 1.65 bits per heavy atom. The van der Waals surface area contributed by atoms with E-state index in [-0.39, 0.29) is 11.8 Å². The molecule has 1 spiro atoms. The number of nitrogens with one attached hydrogen (secondary N) is 2. The Morgan fingerprint density at radius 3 is 2.31 bits per heavy atom. The SMILES string of the molecule is O=C(Nc1ccc(N2CCC3(CC2)OCCO3)cc1)NC1CCCCC1. The molecular formula is C20H29N3O3. The van der Waals surface area contributed by atoms with E-state index in [2.05, 4.69) is 27.7 Å². The van der Waals surface area contributed by atoms with Gasteiger partial charge in [-0.25, -0.2) is 4.79 Å². The number of benzene rings is 1. The topological polar surface area (TPSA) is 62.8 Å². The van der Waals surface area contributed by atoms with Crippen LogP contribution in [0.15, 0.2) is 24.3 Å². The van der Waals surface area contributed by atoms with Crippen molar-refractivity contribution in [3.05, 3.63) is 24.3 Å². The van der Waals surface area contributed by atoms with Crippen molar-refractivity contribution in [3.8, 4) is 0 Å². The van der Waals surface area contributed by atoms with E-state index in [0.29, 0.717) is 19.3 Å². The molecule has 1 aromatic carbocycles. The Kier molecular flexibility index (Phi) is 5.31. The zero-order chi connectivity index (χ0) is 17.8. The van der Waals surface area contributed by atoms with Gasteiger partial charge < -0.3 is 25.0 Å². The molecule has 4 rings (SSSR count). The van der Waals surface area contributed by atoms with Crippen molar-refractivity contribution in [1.29, 1.82) is 0 Å². The van der Waals surface area contributed by atoms with Gasteiger partial charge in [0.1, 0.15) is 0 Å². The van der Waals surface area contributed by atoms with Crippen molar-refractivity contribution in [2.75, 3.05) is 36.5 Å². The number of nitrogens with zero attached hydrogens (tertiary/aromatic N) is 1. The third-order valence-corrected chi connectivity index (χ3v) is 5.77. The second-order valence-electron chi connectivity index (χ2n) is 7.57. The Bertz CT molecular complexity index is 597. The molecule has 1 aliphatic carbocycles. The lowest BCUT2D eigenvalue weighted by molar-refractivity contribution is -0.169. The highest BCUT2D eigenvalue weighted by Gasteiger charge is 2.39. The van der Waals surface area contributed by atoms with Crippen LogP contribution in [0.25, 0.3) is 0 Å². The standard InChI is InChI=1S/C20H29N3O3/c24-19(21-16-4-2-1-3-5-16)22-17-6-8-18(9-7-17)23-12-10-20(11-13-23)25-14-15-26-20/h6-9,16H,1-5,10-15H2,(H2,21,22,24). The Balaban J connectivity index is 1.27. The maximum Gasteiger partial charge on any atom is 0.319 e. The van der Waals surface area contributed by atoms with Gasteiger partial charge in [-0.3, -0.25) is 0 Å². The predicted molar refractivity (Wildman–Crippen MR) is 102 cm³/mol. The summed E-state index contributed by atoms with van der Waals surface area (Å²) in [6.07, 6.45) is 7.71. The van der Waals surface area contributed by atoms with Gasteiger partial charge in [0.2, 0.25) is 0 Å². The molecule has 0 bridgehead atoms. The molecule has 0 radical (unpaired) electrons. The van der Waals surface area contributed by atoms with E-state index < -0.39 is 0 Å². The minimum Gasteiger partial charge on any atom is -0.371 e. The van der Waals surface area contributed by atoms with Gasteiger partial charge in [0.25, 0.3) is 0 Å². The van der Waals surface area contributed by atoms with Crippen LogP contribution in [0.5, 0.6) is 0 Å². The van der Waals surface area contributed by atoms with Crippen LogP contribution in [0.3, 0.4) is 0 Å². The van der Waals surface area contributed by atoms with Crippen LogP contribution < -0.4 is 15.5 Å². The van der Waals surface area contributed by atoms with Crippen LogP contribution in [-0.2, 0) is 9.47 Å². The third-order valence-electron chi connectivity index (χ3n) is 5.77. The lowest BCUT2D eigenvalue weighted by Gasteiger charge is -2.38.